The average Bonchev–Trinajstić information content (AvgIpc) is 2.38. The maximum atomic E-state index is 10.7. The molecule has 0 fully saturated rings. The molecule has 0 unspecified atom stereocenters. The van der Waals surface area contributed by atoms with E-state index in [1.165, 1.54) is 12.1 Å². The number of methoxy groups -OCH3 is 1. The molecular weight excluding hydrogens is 258 g/mol. The Morgan fingerprint density at radius 1 is 1.25 bits per heavy atom. The van der Waals surface area contributed by atoms with E-state index >= 15 is 0 Å². The predicted octanol–water partition coefficient (Wildman–Crippen LogP) is 3.24. The lowest BCUT2D eigenvalue weighted by molar-refractivity contribution is -0.383. The number of hydrogen-bond donors (Lipinski definition) is 2. The fourth-order valence-corrected chi connectivity index (χ4v) is 1.87. The van der Waals surface area contributed by atoms with Gasteiger partial charge in [0.15, 0.2) is 0 Å². The van der Waals surface area contributed by atoms with Crippen molar-refractivity contribution >= 4 is 22.7 Å². The molecule has 2 aromatic carbocycles. The molecule has 0 aliphatic rings. The van der Waals surface area contributed by atoms with Crippen LogP contribution in [0.2, 0.25) is 0 Å². The van der Waals surface area contributed by atoms with E-state index in [4.69, 9.17) is 10.5 Å². The fraction of sp³-hybridized carbons (Fsp3) is 0.143. The zero-order valence-corrected chi connectivity index (χ0v) is 11.2. The summed E-state index contributed by atoms with van der Waals surface area (Å²) in [5.41, 5.74) is 8.19. The minimum atomic E-state index is -0.508. The highest BCUT2D eigenvalue weighted by Gasteiger charge is 2.12. The molecule has 20 heavy (non-hydrogen) atoms. The number of aryl methyl sites for hydroxylation is 1. The molecule has 104 valence electrons. The summed E-state index contributed by atoms with van der Waals surface area (Å²) in [4.78, 5) is 10.2. The highest BCUT2D eigenvalue weighted by Crippen LogP contribution is 2.31. The third-order valence-electron chi connectivity index (χ3n) is 2.86. The Morgan fingerprint density at radius 3 is 2.60 bits per heavy atom. The van der Waals surface area contributed by atoms with Crippen molar-refractivity contribution in [3.63, 3.8) is 0 Å². The zero-order valence-electron chi connectivity index (χ0n) is 11.2. The molecule has 0 amide bonds. The first-order chi connectivity index (χ1) is 9.51. The van der Waals surface area contributed by atoms with Gasteiger partial charge in [0, 0.05) is 11.8 Å². The summed E-state index contributed by atoms with van der Waals surface area (Å²) >= 11 is 0. The number of nitro groups is 1. The van der Waals surface area contributed by atoms with E-state index in [0.29, 0.717) is 11.4 Å². The number of nitrogen functional groups attached to an aromatic ring is 1. The molecule has 0 spiro atoms. The summed E-state index contributed by atoms with van der Waals surface area (Å²) in [6.07, 6.45) is 0. The first-order valence-corrected chi connectivity index (χ1v) is 5.97. The Labute approximate surface area is 116 Å². The lowest BCUT2D eigenvalue weighted by Crippen LogP contribution is -1.99. The van der Waals surface area contributed by atoms with Crippen molar-refractivity contribution in [2.75, 3.05) is 18.2 Å². The highest BCUT2D eigenvalue weighted by atomic mass is 16.6. The van der Waals surface area contributed by atoms with Crippen molar-refractivity contribution in [2.24, 2.45) is 0 Å². The number of nitrogens with two attached hydrogens (primary N) is 1. The van der Waals surface area contributed by atoms with Gasteiger partial charge in [0.05, 0.1) is 17.7 Å². The fourth-order valence-electron chi connectivity index (χ4n) is 1.87. The SMILES string of the molecule is COc1ccc(C)cc1Nc1ccc([N+](=O)[O-])c(N)c1. The molecule has 0 aliphatic heterocycles. The summed E-state index contributed by atoms with van der Waals surface area (Å²) < 4.78 is 5.26. The van der Waals surface area contributed by atoms with Crippen molar-refractivity contribution in [3.8, 4) is 5.75 Å². The van der Waals surface area contributed by atoms with Crippen LogP contribution in [0, 0.1) is 17.0 Å². The summed E-state index contributed by atoms with van der Waals surface area (Å²) in [6, 6.07) is 10.2. The van der Waals surface area contributed by atoms with Crippen molar-refractivity contribution in [1.82, 2.24) is 0 Å². The van der Waals surface area contributed by atoms with Gasteiger partial charge in [0.2, 0.25) is 0 Å². The number of benzene rings is 2. The summed E-state index contributed by atoms with van der Waals surface area (Å²) in [7, 11) is 1.58. The topological polar surface area (TPSA) is 90.4 Å². The van der Waals surface area contributed by atoms with Gasteiger partial charge in [-0.15, -0.1) is 0 Å². The van der Waals surface area contributed by atoms with Gasteiger partial charge in [-0.05, 0) is 36.8 Å². The molecular formula is C14H15N3O3. The second kappa shape index (κ2) is 5.48. The molecule has 0 aromatic heterocycles. The van der Waals surface area contributed by atoms with Crippen LogP contribution >= 0.6 is 0 Å². The largest absolute Gasteiger partial charge is 0.495 e. The van der Waals surface area contributed by atoms with Crippen LogP contribution in [0.3, 0.4) is 0 Å². The van der Waals surface area contributed by atoms with Crippen LogP contribution in [-0.2, 0) is 0 Å². The second-order valence-corrected chi connectivity index (χ2v) is 4.36. The Morgan fingerprint density at radius 2 is 2.00 bits per heavy atom. The van der Waals surface area contributed by atoms with Crippen molar-refractivity contribution < 1.29 is 9.66 Å². The van der Waals surface area contributed by atoms with E-state index in [-0.39, 0.29) is 11.4 Å². The van der Waals surface area contributed by atoms with Gasteiger partial charge < -0.3 is 15.8 Å². The maximum Gasteiger partial charge on any atom is 0.292 e. The van der Waals surface area contributed by atoms with Crippen LogP contribution in [0.15, 0.2) is 36.4 Å². The van der Waals surface area contributed by atoms with Gasteiger partial charge in [0.25, 0.3) is 5.69 Å². The van der Waals surface area contributed by atoms with Crippen LogP contribution in [0.5, 0.6) is 5.75 Å². The molecule has 0 radical (unpaired) electrons. The van der Waals surface area contributed by atoms with Gasteiger partial charge in [-0.1, -0.05) is 6.07 Å². The average molecular weight is 273 g/mol. The normalized spacial score (nSPS) is 10.1. The van der Waals surface area contributed by atoms with Gasteiger partial charge >= 0.3 is 0 Å². The van der Waals surface area contributed by atoms with Crippen molar-refractivity contribution in [3.05, 3.63) is 52.1 Å². The summed E-state index contributed by atoms with van der Waals surface area (Å²) in [6.45, 7) is 1.97. The van der Waals surface area contributed by atoms with Gasteiger partial charge in [-0.2, -0.15) is 0 Å². The number of rotatable bonds is 4. The van der Waals surface area contributed by atoms with Gasteiger partial charge in [-0.25, -0.2) is 0 Å². The molecule has 0 atom stereocenters. The molecule has 0 saturated heterocycles. The number of nitrogens with one attached hydrogen (secondary N) is 1. The molecule has 0 heterocycles. The number of hydrogen-bond acceptors (Lipinski definition) is 5. The van der Waals surface area contributed by atoms with Crippen LogP contribution < -0.4 is 15.8 Å². The molecule has 0 aliphatic carbocycles. The monoisotopic (exact) mass is 273 g/mol. The van der Waals surface area contributed by atoms with Crippen molar-refractivity contribution in [2.45, 2.75) is 6.92 Å². The number of nitro benzene ring substituents is 1. The lowest BCUT2D eigenvalue weighted by atomic mass is 10.2. The highest BCUT2D eigenvalue weighted by molar-refractivity contribution is 5.72. The minimum Gasteiger partial charge on any atom is -0.495 e. The molecule has 6 heteroatoms. The van der Waals surface area contributed by atoms with Crippen molar-refractivity contribution in [1.29, 1.82) is 0 Å². The number of anilines is 3. The summed E-state index contributed by atoms with van der Waals surface area (Å²) in [5, 5.41) is 13.9. The third-order valence-corrected chi connectivity index (χ3v) is 2.86. The second-order valence-electron chi connectivity index (χ2n) is 4.36. The molecule has 2 aromatic rings. The van der Waals surface area contributed by atoms with E-state index in [2.05, 4.69) is 5.32 Å². The van der Waals surface area contributed by atoms with Gasteiger partial charge in [0.1, 0.15) is 11.4 Å². The van der Waals surface area contributed by atoms with E-state index in [1.54, 1.807) is 13.2 Å². The molecule has 6 nitrogen and oxygen atoms in total. The van der Waals surface area contributed by atoms with E-state index in [9.17, 15) is 10.1 Å². The Hall–Kier alpha value is -2.76. The first kappa shape index (κ1) is 13.7. The number of ether oxygens (including phenoxy) is 1. The Bertz CT molecular complexity index is 656. The van der Waals surface area contributed by atoms with E-state index < -0.39 is 4.92 Å². The quantitative estimate of drug-likeness (QED) is 0.507. The molecule has 0 bridgehead atoms. The first-order valence-electron chi connectivity index (χ1n) is 5.97. The molecule has 2 rings (SSSR count). The lowest BCUT2D eigenvalue weighted by Gasteiger charge is -2.12. The van der Waals surface area contributed by atoms with E-state index in [1.807, 2.05) is 25.1 Å². The van der Waals surface area contributed by atoms with E-state index in [0.717, 1.165) is 11.3 Å². The zero-order chi connectivity index (χ0) is 14.7. The maximum absolute atomic E-state index is 10.7. The minimum absolute atomic E-state index is 0.105. The molecule has 0 saturated carbocycles. The van der Waals surface area contributed by atoms with Gasteiger partial charge in [-0.3, -0.25) is 10.1 Å². The standard InChI is InChI=1S/C14H15N3O3/c1-9-3-6-14(20-2)12(7-9)16-10-4-5-13(17(18)19)11(15)8-10/h3-8,16H,15H2,1-2H3. The van der Waals surface area contributed by atoms with Crippen LogP contribution in [0.4, 0.5) is 22.7 Å². The summed E-state index contributed by atoms with van der Waals surface area (Å²) in [5.74, 6) is 0.688. The van der Waals surface area contributed by atoms with Crippen LogP contribution in [0.1, 0.15) is 5.56 Å². The third kappa shape index (κ3) is 2.80. The smallest absolute Gasteiger partial charge is 0.292 e. The van der Waals surface area contributed by atoms with Crippen LogP contribution in [-0.4, -0.2) is 12.0 Å². The van der Waals surface area contributed by atoms with Crippen LogP contribution in [0.25, 0.3) is 0 Å². The number of nitrogens with zero attached hydrogens (tertiary/aromatic N) is 1. The Balaban J connectivity index is 2.33. The Kier molecular flexibility index (Phi) is 3.74. The predicted molar refractivity (Wildman–Crippen MR) is 78.5 cm³/mol. The molecule has 3 N–H and O–H groups in total.